The van der Waals surface area contributed by atoms with Crippen molar-refractivity contribution in [2.45, 2.75) is 20.0 Å². The average molecular weight is 408 g/mol. The van der Waals surface area contributed by atoms with E-state index in [2.05, 4.69) is 91.7 Å². The molecule has 0 saturated carbocycles. The van der Waals surface area contributed by atoms with Crippen LogP contribution in [0.25, 0.3) is 42.6 Å². The van der Waals surface area contributed by atoms with E-state index >= 15 is 0 Å². The van der Waals surface area contributed by atoms with Crippen LogP contribution in [0, 0.1) is 6.92 Å². The zero-order chi connectivity index (χ0) is 19.8. The number of fused-ring (bicyclic) bond motifs is 7. The van der Waals surface area contributed by atoms with Gasteiger partial charge in [-0.05, 0) is 46.1 Å². The molecule has 0 radical (unpaired) electrons. The molecule has 1 aliphatic heterocycles. The summed E-state index contributed by atoms with van der Waals surface area (Å²) in [4.78, 5) is 4.68. The lowest BCUT2D eigenvalue weighted by molar-refractivity contribution is 1.29. The molecular weight excluding hydrogens is 386 g/mol. The van der Waals surface area contributed by atoms with Gasteiger partial charge in [0, 0.05) is 31.9 Å². The molecule has 0 bridgehead atoms. The van der Waals surface area contributed by atoms with Crippen molar-refractivity contribution in [3.05, 3.63) is 78.5 Å². The van der Waals surface area contributed by atoms with E-state index in [4.69, 9.17) is 0 Å². The highest BCUT2D eigenvalue weighted by Crippen LogP contribution is 2.42. The van der Waals surface area contributed by atoms with Crippen molar-refractivity contribution in [2.75, 3.05) is 0 Å². The Balaban J connectivity index is 1.72. The second-order valence-corrected chi connectivity index (χ2v) is 13.8. The van der Waals surface area contributed by atoms with Gasteiger partial charge in [-0.3, -0.25) is 4.98 Å². The topological polar surface area (TPSA) is 12.9 Å². The first kappa shape index (κ1) is 17.1. The van der Waals surface area contributed by atoms with E-state index in [0.717, 1.165) is 5.69 Å². The third-order valence-corrected chi connectivity index (χ3v) is 11.4. The molecule has 2 aromatic heterocycles. The van der Waals surface area contributed by atoms with Crippen LogP contribution in [0.5, 0.6) is 0 Å². The molecule has 0 spiro atoms. The molecule has 6 rings (SSSR count). The summed E-state index contributed by atoms with van der Waals surface area (Å²) >= 11 is 1.96. The van der Waals surface area contributed by atoms with Crippen molar-refractivity contribution in [1.29, 1.82) is 0 Å². The van der Waals surface area contributed by atoms with Crippen molar-refractivity contribution in [2.24, 2.45) is 0 Å². The number of aryl methyl sites for hydroxylation is 1. The molecule has 0 N–H and O–H groups in total. The van der Waals surface area contributed by atoms with E-state index in [9.17, 15) is 0 Å². The minimum atomic E-state index is -1.72. The zero-order valence-electron chi connectivity index (χ0n) is 16.8. The summed E-state index contributed by atoms with van der Waals surface area (Å²) in [6, 6.07) is 24.7. The van der Waals surface area contributed by atoms with Gasteiger partial charge < -0.3 is 0 Å². The number of benzene rings is 3. The third-order valence-electron chi connectivity index (χ3n) is 6.37. The standard InChI is InChI=1S/C26H21NSSi/c1-16-13-14-27-22(15-16)21-9-6-8-18-19-11-12-20-17-7-4-5-10-23(17)29(2,3)26(20)25(19)28-24(18)21/h4-15H,1-3H3. The third kappa shape index (κ3) is 2.29. The minimum absolute atomic E-state index is 1.07. The molecule has 0 amide bonds. The van der Waals surface area contributed by atoms with Crippen LogP contribution in [0.3, 0.4) is 0 Å². The largest absolute Gasteiger partial charge is 0.256 e. The fourth-order valence-electron chi connectivity index (χ4n) is 4.99. The first-order chi connectivity index (χ1) is 14.1. The molecule has 3 heterocycles. The van der Waals surface area contributed by atoms with E-state index in [1.54, 1.807) is 10.4 Å². The summed E-state index contributed by atoms with van der Waals surface area (Å²) in [7, 11) is -1.72. The Bertz CT molecular complexity index is 1440. The predicted molar refractivity (Wildman–Crippen MR) is 129 cm³/mol. The SMILES string of the molecule is Cc1ccnc(-c2cccc3c2sc2c4c(ccc23)-c2ccccc2[Si]4(C)C)c1. The van der Waals surface area contributed by atoms with E-state index < -0.39 is 8.07 Å². The second-order valence-electron chi connectivity index (χ2n) is 8.54. The van der Waals surface area contributed by atoms with Gasteiger partial charge in [0.1, 0.15) is 8.07 Å². The van der Waals surface area contributed by atoms with Crippen LogP contribution >= 0.6 is 11.3 Å². The van der Waals surface area contributed by atoms with Crippen LogP contribution in [-0.2, 0) is 0 Å². The van der Waals surface area contributed by atoms with Crippen molar-refractivity contribution < 1.29 is 0 Å². The van der Waals surface area contributed by atoms with Crippen molar-refractivity contribution >= 4 is 50.0 Å². The minimum Gasteiger partial charge on any atom is -0.256 e. The Morgan fingerprint density at radius 3 is 2.41 bits per heavy atom. The van der Waals surface area contributed by atoms with Gasteiger partial charge in [-0.15, -0.1) is 11.3 Å². The van der Waals surface area contributed by atoms with Gasteiger partial charge in [0.2, 0.25) is 0 Å². The van der Waals surface area contributed by atoms with Crippen molar-refractivity contribution in [1.82, 2.24) is 4.98 Å². The molecule has 140 valence electrons. The summed E-state index contributed by atoms with van der Waals surface area (Å²) in [6.45, 7) is 7.14. The number of thiophene rings is 1. The number of hydrogen-bond donors (Lipinski definition) is 0. The van der Waals surface area contributed by atoms with Gasteiger partial charge in [-0.25, -0.2) is 0 Å². The lowest BCUT2D eigenvalue weighted by Crippen LogP contribution is -2.49. The molecule has 1 aliphatic rings. The Morgan fingerprint density at radius 1 is 0.759 bits per heavy atom. The summed E-state index contributed by atoms with van der Waals surface area (Å²) in [5, 5.41) is 5.93. The zero-order valence-corrected chi connectivity index (χ0v) is 18.6. The summed E-state index contributed by atoms with van der Waals surface area (Å²) < 4.78 is 2.83. The van der Waals surface area contributed by atoms with Gasteiger partial charge in [0.15, 0.2) is 0 Å². The molecule has 3 aromatic carbocycles. The maximum absolute atomic E-state index is 4.68. The maximum Gasteiger partial charge on any atom is 0.115 e. The molecule has 1 nitrogen and oxygen atoms in total. The number of pyridine rings is 1. The van der Waals surface area contributed by atoms with Crippen LogP contribution in [0.4, 0.5) is 0 Å². The smallest absolute Gasteiger partial charge is 0.115 e. The Kier molecular flexibility index (Phi) is 3.47. The fourth-order valence-corrected chi connectivity index (χ4v) is 10.5. The van der Waals surface area contributed by atoms with Gasteiger partial charge in [0.05, 0.1) is 5.69 Å². The van der Waals surface area contributed by atoms with Crippen molar-refractivity contribution in [3.63, 3.8) is 0 Å². The summed E-state index contributed by atoms with van der Waals surface area (Å²) in [5.41, 5.74) is 6.46. The van der Waals surface area contributed by atoms with Crippen LogP contribution < -0.4 is 10.4 Å². The van der Waals surface area contributed by atoms with Crippen molar-refractivity contribution in [3.8, 4) is 22.4 Å². The van der Waals surface area contributed by atoms with E-state index in [1.165, 1.54) is 42.4 Å². The highest BCUT2D eigenvalue weighted by molar-refractivity contribution is 7.29. The molecule has 3 heteroatoms. The highest BCUT2D eigenvalue weighted by atomic mass is 32.1. The highest BCUT2D eigenvalue weighted by Gasteiger charge is 2.39. The predicted octanol–water partition coefficient (Wildman–Crippen LogP) is 6.23. The van der Waals surface area contributed by atoms with E-state index in [0.29, 0.717) is 0 Å². The van der Waals surface area contributed by atoms with Crippen LogP contribution in [0.2, 0.25) is 13.1 Å². The summed E-state index contributed by atoms with van der Waals surface area (Å²) in [5.74, 6) is 0. The Labute approximate surface area is 175 Å². The Morgan fingerprint density at radius 2 is 1.55 bits per heavy atom. The van der Waals surface area contributed by atoms with Crippen LogP contribution in [0.1, 0.15) is 5.56 Å². The molecule has 0 saturated heterocycles. The number of hydrogen-bond acceptors (Lipinski definition) is 2. The molecule has 5 aromatic rings. The van der Waals surface area contributed by atoms with Gasteiger partial charge in [-0.1, -0.05) is 67.7 Å². The Hall–Kier alpha value is -2.75. The lowest BCUT2D eigenvalue weighted by Gasteiger charge is -2.19. The van der Waals surface area contributed by atoms with Crippen LogP contribution in [0.15, 0.2) is 72.9 Å². The lowest BCUT2D eigenvalue weighted by atomic mass is 10.0. The normalized spacial score (nSPS) is 14.3. The molecule has 0 atom stereocenters. The molecular formula is C26H21NSSi. The first-order valence-corrected chi connectivity index (χ1v) is 13.9. The molecule has 29 heavy (non-hydrogen) atoms. The van der Waals surface area contributed by atoms with E-state index in [1.807, 2.05) is 17.5 Å². The number of aromatic nitrogens is 1. The first-order valence-electron chi connectivity index (χ1n) is 10.1. The quantitative estimate of drug-likeness (QED) is 0.300. The van der Waals surface area contributed by atoms with Gasteiger partial charge in [0.25, 0.3) is 0 Å². The number of nitrogens with zero attached hydrogens (tertiary/aromatic N) is 1. The van der Waals surface area contributed by atoms with Gasteiger partial charge >= 0.3 is 0 Å². The molecule has 0 fully saturated rings. The number of rotatable bonds is 1. The molecule has 0 aliphatic carbocycles. The molecule has 0 unspecified atom stereocenters. The van der Waals surface area contributed by atoms with Crippen LogP contribution in [-0.4, -0.2) is 13.1 Å². The fraction of sp³-hybridized carbons (Fsp3) is 0.115. The summed E-state index contributed by atoms with van der Waals surface area (Å²) in [6.07, 6.45) is 1.92. The maximum atomic E-state index is 4.68. The average Bonchev–Trinajstić information content (AvgIpc) is 3.21. The monoisotopic (exact) mass is 407 g/mol. The second kappa shape index (κ2) is 5.88. The van der Waals surface area contributed by atoms with E-state index in [-0.39, 0.29) is 0 Å². The van der Waals surface area contributed by atoms with Gasteiger partial charge in [-0.2, -0.15) is 0 Å².